The van der Waals surface area contributed by atoms with E-state index in [-0.39, 0.29) is 11.3 Å². The highest BCUT2D eigenvalue weighted by Gasteiger charge is 2.25. The van der Waals surface area contributed by atoms with Gasteiger partial charge in [0.05, 0.1) is 6.54 Å². The molecule has 0 aromatic carbocycles. The lowest BCUT2D eigenvalue weighted by Gasteiger charge is -2.34. The van der Waals surface area contributed by atoms with Crippen LogP contribution >= 0.6 is 0 Å². The molecular weight excluding hydrogens is 166 g/mol. The fourth-order valence-electron chi connectivity index (χ4n) is 1.39. The van der Waals surface area contributed by atoms with Gasteiger partial charge in [0.25, 0.3) is 0 Å². The van der Waals surface area contributed by atoms with E-state index >= 15 is 0 Å². The molecule has 1 amide bonds. The van der Waals surface area contributed by atoms with E-state index in [1.807, 2.05) is 4.90 Å². The molecule has 4 heteroatoms. The van der Waals surface area contributed by atoms with E-state index in [0.717, 1.165) is 19.6 Å². The van der Waals surface area contributed by atoms with Crippen molar-refractivity contribution >= 4 is 5.91 Å². The molecule has 0 atom stereocenters. The molecule has 0 bridgehead atoms. The molecule has 1 aliphatic heterocycles. The molecule has 1 rings (SSSR count). The summed E-state index contributed by atoms with van der Waals surface area (Å²) in [4.78, 5) is 13.3. The van der Waals surface area contributed by atoms with Crippen LogP contribution in [0.4, 0.5) is 0 Å². The molecule has 0 aromatic heterocycles. The number of nitrogens with two attached hydrogens (primary N) is 1. The van der Waals surface area contributed by atoms with Gasteiger partial charge in [-0.2, -0.15) is 0 Å². The molecule has 3 N–H and O–H groups in total. The van der Waals surface area contributed by atoms with Crippen LogP contribution in [-0.2, 0) is 4.79 Å². The topological polar surface area (TPSA) is 58.4 Å². The number of carbonyl (C=O) groups excluding carboxylic acids is 1. The van der Waals surface area contributed by atoms with Crippen LogP contribution in [0.25, 0.3) is 0 Å². The second kappa shape index (κ2) is 4.07. The largest absolute Gasteiger partial charge is 0.340 e. The summed E-state index contributed by atoms with van der Waals surface area (Å²) in [6.07, 6.45) is 0. The van der Waals surface area contributed by atoms with Crippen LogP contribution in [-0.4, -0.2) is 43.5 Å². The lowest BCUT2D eigenvalue weighted by Crippen LogP contribution is -2.51. The monoisotopic (exact) mass is 185 g/mol. The van der Waals surface area contributed by atoms with Crippen molar-refractivity contribution in [2.24, 2.45) is 11.1 Å². The van der Waals surface area contributed by atoms with Crippen LogP contribution in [0.5, 0.6) is 0 Å². The predicted molar refractivity (Wildman–Crippen MR) is 52.3 cm³/mol. The average molecular weight is 185 g/mol. The number of amides is 1. The van der Waals surface area contributed by atoms with Gasteiger partial charge in [0, 0.05) is 19.6 Å². The third kappa shape index (κ3) is 2.97. The van der Waals surface area contributed by atoms with Crippen LogP contribution in [0.1, 0.15) is 13.8 Å². The number of rotatable bonds is 3. The Bertz CT molecular complexity index is 191. The molecule has 13 heavy (non-hydrogen) atoms. The smallest absolute Gasteiger partial charge is 0.236 e. The Morgan fingerprint density at radius 3 is 2.85 bits per heavy atom. The summed E-state index contributed by atoms with van der Waals surface area (Å²) in [5, 5.41) is 3.05. The summed E-state index contributed by atoms with van der Waals surface area (Å²) in [7, 11) is 0. The van der Waals surface area contributed by atoms with Crippen LogP contribution < -0.4 is 11.1 Å². The minimum atomic E-state index is 0.0347. The zero-order valence-electron chi connectivity index (χ0n) is 8.47. The summed E-state index contributed by atoms with van der Waals surface area (Å²) in [5.41, 5.74) is 5.65. The second-order valence-corrected chi connectivity index (χ2v) is 4.36. The van der Waals surface area contributed by atoms with Crippen LogP contribution in [0.3, 0.4) is 0 Å². The summed E-state index contributed by atoms with van der Waals surface area (Å²) in [6, 6.07) is 0. The summed E-state index contributed by atoms with van der Waals surface area (Å²) in [6.45, 7) is 7.73. The number of hydrogen-bond acceptors (Lipinski definition) is 3. The van der Waals surface area contributed by atoms with E-state index in [0.29, 0.717) is 13.1 Å². The fourth-order valence-corrected chi connectivity index (χ4v) is 1.39. The molecular formula is C9H19N3O. The molecule has 0 radical (unpaired) electrons. The minimum absolute atomic E-state index is 0.0347. The maximum absolute atomic E-state index is 11.4. The van der Waals surface area contributed by atoms with Gasteiger partial charge in [0.2, 0.25) is 5.91 Å². The van der Waals surface area contributed by atoms with Crippen molar-refractivity contribution in [3.8, 4) is 0 Å². The molecule has 1 saturated heterocycles. The molecule has 0 aliphatic carbocycles. The highest BCUT2D eigenvalue weighted by atomic mass is 16.2. The van der Waals surface area contributed by atoms with Gasteiger partial charge in [-0.3, -0.25) is 4.79 Å². The molecule has 0 saturated carbocycles. The molecule has 0 aromatic rings. The average Bonchev–Trinajstić information content (AvgIpc) is 2.09. The second-order valence-electron chi connectivity index (χ2n) is 4.36. The number of nitrogens with zero attached hydrogens (tertiary/aromatic N) is 1. The summed E-state index contributed by atoms with van der Waals surface area (Å²) >= 11 is 0. The molecule has 1 heterocycles. The number of hydrogen-bond donors (Lipinski definition) is 2. The van der Waals surface area contributed by atoms with Crippen molar-refractivity contribution in [2.75, 3.05) is 32.7 Å². The lowest BCUT2D eigenvalue weighted by atomic mass is 9.93. The number of carbonyl (C=O) groups is 1. The normalized spacial score (nSPS) is 19.3. The zero-order chi connectivity index (χ0) is 9.90. The Morgan fingerprint density at radius 1 is 1.62 bits per heavy atom. The quantitative estimate of drug-likeness (QED) is 0.617. The summed E-state index contributed by atoms with van der Waals surface area (Å²) < 4.78 is 0. The van der Waals surface area contributed by atoms with Gasteiger partial charge < -0.3 is 16.0 Å². The van der Waals surface area contributed by atoms with Crippen LogP contribution in [0.15, 0.2) is 0 Å². The maximum Gasteiger partial charge on any atom is 0.236 e. The van der Waals surface area contributed by atoms with E-state index in [2.05, 4.69) is 19.2 Å². The first kappa shape index (κ1) is 10.5. The van der Waals surface area contributed by atoms with Crippen molar-refractivity contribution in [1.29, 1.82) is 0 Å². The Hall–Kier alpha value is -0.610. The number of nitrogens with one attached hydrogen (secondary N) is 1. The molecule has 1 fully saturated rings. The standard InChI is InChI=1S/C9H19N3O/c1-9(2,6-10)7-12-4-3-11-5-8(12)13/h11H,3-7,10H2,1-2H3. The Balaban J connectivity index is 2.47. The van der Waals surface area contributed by atoms with Gasteiger partial charge in [0.15, 0.2) is 0 Å². The van der Waals surface area contributed by atoms with Gasteiger partial charge in [-0.05, 0) is 12.0 Å². The Labute approximate surface area is 79.5 Å². The molecule has 76 valence electrons. The molecule has 4 nitrogen and oxygen atoms in total. The first-order valence-corrected chi connectivity index (χ1v) is 4.74. The van der Waals surface area contributed by atoms with Gasteiger partial charge in [-0.1, -0.05) is 13.8 Å². The third-order valence-electron chi connectivity index (χ3n) is 2.36. The van der Waals surface area contributed by atoms with Crippen LogP contribution in [0, 0.1) is 5.41 Å². The van der Waals surface area contributed by atoms with Crippen molar-refractivity contribution in [1.82, 2.24) is 10.2 Å². The highest BCUT2D eigenvalue weighted by Crippen LogP contribution is 2.15. The predicted octanol–water partition coefficient (Wildman–Crippen LogP) is -0.597. The van der Waals surface area contributed by atoms with E-state index in [1.54, 1.807) is 0 Å². The van der Waals surface area contributed by atoms with E-state index in [9.17, 15) is 4.79 Å². The van der Waals surface area contributed by atoms with E-state index in [4.69, 9.17) is 5.73 Å². The Morgan fingerprint density at radius 2 is 2.31 bits per heavy atom. The van der Waals surface area contributed by atoms with Crippen molar-refractivity contribution in [3.63, 3.8) is 0 Å². The molecule has 0 unspecified atom stereocenters. The van der Waals surface area contributed by atoms with Gasteiger partial charge in [-0.25, -0.2) is 0 Å². The van der Waals surface area contributed by atoms with Gasteiger partial charge >= 0.3 is 0 Å². The Kier molecular flexibility index (Phi) is 3.27. The lowest BCUT2D eigenvalue weighted by molar-refractivity contribution is -0.133. The number of piperazine rings is 1. The van der Waals surface area contributed by atoms with Crippen molar-refractivity contribution in [2.45, 2.75) is 13.8 Å². The molecule has 1 aliphatic rings. The van der Waals surface area contributed by atoms with E-state index < -0.39 is 0 Å². The van der Waals surface area contributed by atoms with Gasteiger partial charge in [0.1, 0.15) is 0 Å². The first-order valence-electron chi connectivity index (χ1n) is 4.74. The SMILES string of the molecule is CC(C)(CN)CN1CCNCC1=O. The van der Waals surface area contributed by atoms with Crippen LogP contribution in [0.2, 0.25) is 0 Å². The molecule has 0 spiro atoms. The van der Waals surface area contributed by atoms with Gasteiger partial charge in [-0.15, -0.1) is 0 Å². The van der Waals surface area contributed by atoms with Crippen molar-refractivity contribution in [3.05, 3.63) is 0 Å². The fraction of sp³-hybridized carbons (Fsp3) is 0.889. The zero-order valence-corrected chi connectivity index (χ0v) is 8.47. The maximum atomic E-state index is 11.4. The van der Waals surface area contributed by atoms with E-state index in [1.165, 1.54) is 0 Å². The third-order valence-corrected chi connectivity index (χ3v) is 2.36. The highest BCUT2D eigenvalue weighted by molar-refractivity contribution is 5.79. The van der Waals surface area contributed by atoms with Crippen molar-refractivity contribution < 1.29 is 4.79 Å². The summed E-state index contributed by atoms with van der Waals surface area (Å²) in [5.74, 6) is 0.188. The minimum Gasteiger partial charge on any atom is -0.340 e. The first-order chi connectivity index (χ1) is 6.05.